The molecule has 0 aromatic rings. The highest BCUT2D eigenvalue weighted by atomic mass is 32.1. The second-order valence-electron chi connectivity index (χ2n) is 3.34. The molecule has 0 saturated carbocycles. The highest BCUT2D eigenvalue weighted by Gasteiger charge is 2.45. The van der Waals surface area contributed by atoms with Crippen molar-refractivity contribution in [1.29, 1.82) is 0 Å². The lowest BCUT2D eigenvalue weighted by molar-refractivity contribution is 0.0563. The van der Waals surface area contributed by atoms with E-state index in [0.29, 0.717) is 13.2 Å². The number of hydrogen-bond acceptors (Lipinski definition) is 4. The van der Waals surface area contributed by atoms with Gasteiger partial charge in [0.25, 0.3) is 0 Å². The molecule has 14 heavy (non-hydrogen) atoms. The minimum atomic E-state index is -2.51. The maximum absolute atomic E-state index is 5.74. The van der Waals surface area contributed by atoms with E-state index < -0.39 is 8.80 Å². The molecule has 1 atom stereocenters. The Morgan fingerprint density at radius 3 is 1.71 bits per heavy atom. The van der Waals surface area contributed by atoms with Crippen LogP contribution in [0.5, 0.6) is 0 Å². The standard InChI is InChI=1S/C9H22O3SSi/c1-6-10-14(8(3)4,11-7-2)12-9(5)13/h8-9,13H,6-7H2,1-5H3. The van der Waals surface area contributed by atoms with Gasteiger partial charge in [0.1, 0.15) is 0 Å². The average Bonchev–Trinajstić information content (AvgIpc) is 2.03. The predicted octanol–water partition coefficient (Wildman–Crippen LogP) is 2.70. The Kier molecular flexibility index (Phi) is 7.06. The van der Waals surface area contributed by atoms with E-state index in [2.05, 4.69) is 26.5 Å². The van der Waals surface area contributed by atoms with E-state index in [4.69, 9.17) is 13.3 Å². The summed E-state index contributed by atoms with van der Waals surface area (Å²) in [5.74, 6) is 0. The largest absolute Gasteiger partial charge is 0.504 e. The van der Waals surface area contributed by atoms with Crippen LogP contribution in [0.25, 0.3) is 0 Å². The second-order valence-corrected chi connectivity index (χ2v) is 7.24. The lowest BCUT2D eigenvalue weighted by Crippen LogP contribution is -2.50. The summed E-state index contributed by atoms with van der Waals surface area (Å²) in [6.45, 7) is 11.1. The first kappa shape index (κ1) is 14.4. The highest BCUT2D eigenvalue weighted by Crippen LogP contribution is 2.26. The van der Waals surface area contributed by atoms with Crippen LogP contribution in [0.3, 0.4) is 0 Å². The van der Waals surface area contributed by atoms with Gasteiger partial charge in [0.15, 0.2) is 0 Å². The predicted molar refractivity (Wildman–Crippen MR) is 63.6 cm³/mol. The van der Waals surface area contributed by atoms with E-state index in [0.717, 1.165) is 0 Å². The Labute approximate surface area is 93.9 Å². The molecule has 0 heterocycles. The minimum absolute atomic E-state index is 0.151. The van der Waals surface area contributed by atoms with Gasteiger partial charge in [-0.2, -0.15) is 0 Å². The SMILES string of the molecule is CCO[Si](OCC)(OC(C)S)C(C)C. The Bertz CT molecular complexity index is 147. The van der Waals surface area contributed by atoms with Crippen LogP contribution in [-0.4, -0.2) is 27.5 Å². The van der Waals surface area contributed by atoms with Crippen LogP contribution in [0.15, 0.2) is 0 Å². The van der Waals surface area contributed by atoms with E-state index in [1.165, 1.54) is 0 Å². The van der Waals surface area contributed by atoms with Gasteiger partial charge in [-0.25, -0.2) is 0 Å². The molecule has 0 fully saturated rings. The molecule has 86 valence electrons. The van der Waals surface area contributed by atoms with Crippen LogP contribution in [0.2, 0.25) is 5.54 Å². The van der Waals surface area contributed by atoms with Crippen LogP contribution in [0.4, 0.5) is 0 Å². The molecule has 0 rings (SSSR count). The van der Waals surface area contributed by atoms with Gasteiger partial charge in [0, 0.05) is 18.8 Å². The molecule has 0 aliphatic heterocycles. The zero-order valence-corrected chi connectivity index (χ0v) is 11.6. The molecule has 0 radical (unpaired) electrons. The monoisotopic (exact) mass is 238 g/mol. The number of hydrogen-bond donors (Lipinski definition) is 1. The first-order chi connectivity index (χ1) is 6.48. The summed E-state index contributed by atoms with van der Waals surface area (Å²) in [6.07, 6.45) is 0. The Morgan fingerprint density at radius 1 is 1.07 bits per heavy atom. The molecule has 0 spiro atoms. The van der Waals surface area contributed by atoms with Crippen molar-refractivity contribution in [3.05, 3.63) is 0 Å². The van der Waals surface area contributed by atoms with E-state index in [-0.39, 0.29) is 11.0 Å². The molecular weight excluding hydrogens is 216 g/mol. The lowest BCUT2D eigenvalue weighted by atomic mass is 10.6. The molecule has 3 nitrogen and oxygen atoms in total. The Balaban J connectivity index is 4.55. The van der Waals surface area contributed by atoms with Crippen LogP contribution >= 0.6 is 12.6 Å². The molecule has 0 aromatic carbocycles. The van der Waals surface area contributed by atoms with E-state index in [1.807, 2.05) is 20.8 Å². The summed E-state index contributed by atoms with van der Waals surface area (Å²) >= 11 is 4.22. The quantitative estimate of drug-likeness (QED) is 0.420. The molecule has 0 amide bonds. The number of rotatable bonds is 7. The fraction of sp³-hybridized carbons (Fsp3) is 1.00. The summed E-state index contributed by atoms with van der Waals surface area (Å²) in [7, 11) is -2.51. The highest BCUT2D eigenvalue weighted by molar-refractivity contribution is 7.80. The number of thiol groups is 1. The molecular formula is C9H22O3SSi. The summed E-state index contributed by atoms with van der Waals surface area (Å²) in [4.78, 5) is 0. The van der Waals surface area contributed by atoms with Gasteiger partial charge in [-0.3, -0.25) is 0 Å². The first-order valence-electron chi connectivity index (χ1n) is 5.12. The van der Waals surface area contributed by atoms with Gasteiger partial charge in [0.2, 0.25) is 0 Å². The topological polar surface area (TPSA) is 27.7 Å². The van der Waals surface area contributed by atoms with E-state index >= 15 is 0 Å². The van der Waals surface area contributed by atoms with Crippen LogP contribution < -0.4 is 0 Å². The van der Waals surface area contributed by atoms with Gasteiger partial charge < -0.3 is 13.3 Å². The van der Waals surface area contributed by atoms with Crippen molar-refractivity contribution in [2.75, 3.05) is 13.2 Å². The van der Waals surface area contributed by atoms with Crippen molar-refractivity contribution in [3.63, 3.8) is 0 Å². The summed E-state index contributed by atoms with van der Waals surface area (Å²) in [5, 5.41) is 0. The van der Waals surface area contributed by atoms with Crippen LogP contribution in [-0.2, 0) is 13.3 Å². The zero-order chi connectivity index (χ0) is 11.2. The summed E-state index contributed by atoms with van der Waals surface area (Å²) in [5.41, 5.74) is 0.110. The van der Waals surface area contributed by atoms with Crippen molar-refractivity contribution < 1.29 is 13.3 Å². The average molecular weight is 238 g/mol. The molecule has 1 unspecified atom stereocenters. The molecule has 0 aliphatic rings. The third-order valence-corrected chi connectivity index (χ3v) is 5.52. The molecule has 0 N–H and O–H groups in total. The zero-order valence-electron chi connectivity index (χ0n) is 9.74. The third kappa shape index (κ3) is 4.31. The van der Waals surface area contributed by atoms with E-state index in [1.54, 1.807) is 0 Å². The third-order valence-electron chi connectivity index (χ3n) is 1.73. The molecule has 0 saturated heterocycles. The van der Waals surface area contributed by atoms with Gasteiger partial charge in [0.05, 0.1) is 5.44 Å². The van der Waals surface area contributed by atoms with Crippen molar-refractivity contribution in [1.82, 2.24) is 0 Å². The van der Waals surface area contributed by atoms with Gasteiger partial charge in [-0.1, -0.05) is 13.8 Å². The molecule has 0 aliphatic carbocycles. The van der Waals surface area contributed by atoms with Gasteiger partial charge in [-0.15, -0.1) is 12.6 Å². The van der Waals surface area contributed by atoms with Gasteiger partial charge >= 0.3 is 8.80 Å². The smallest absolute Gasteiger partial charge is 0.374 e. The van der Waals surface area contributed by atoms with E-state index in [9.17, 15) is 0 Å². The molecule has 5 heteroatoms. The maximum atomic E-state index is 5.74. The summed E-state index contributed by atoms with van der Waals surface area (Å²) in [6, 6.07) is 0. The normalized spacial score (nSPS) is 14.8. The van der Waals surface area contributed by atoms with Crippen molar-refractivity contribution in [2.24, 2.45) is 0 Å². The lowest BCUT2D eigenvalue weighted by Gasteiger charge is -2.33. The van der Waals surface area contributed by atoms with Crippen LogP contribution in [0, 0.1) is 0 Å². The first-order valence-corrected chi connectivity index (χ1v) is 7.44. The Morgan fingerprint density at radius 2 is 1.50 bits per heavy atom. The molecule has 0 bridgehead atoms. The minimum Gasteiger partial charge on any atom is -0.374 e. The molecule has 0 aromatic heterocycles. The maximum Gasteiger partial charge on any atom is 0.504 e. The fourth-order valence-electron chi connectivity index (χ4n) is 1.22. The van der Waals surface area contributed by atoms with Gasteiger partial charge in [-0.05, 0) is 20.8 Å². The summed E-state index contributed by atoms with van der Waals surface area (Å²) < 4.78 is 17.1. The Hall–Kier alpha value is 0.447. The second kappa shape index (κ2) is 6.84. The van der Waals surface area contributed by atoms with Crippen molar-refractivity contribution >= 4 is 21.4 Å². The van der Waals surface area contributed by atoms with Crippen molar-refractivity contribution in [2.45, 2.75) is 45.6 Å². The fourth-order valence-corrected chi connectivity index (χ4v) is 4.10. The van der Waals surface area contributed by atoms with Crippen molar-refractivity contribution in [3.8, 4) is 0 Å². The van der Waals surface area contributed by atoms with Crippen LogP contribution in [0.1, 0.15) is 34.6 Å².